The Morgan fingerprint density at radius 3 is 2.23 bits per heavy atom. The number of ether oxygens (including phenoxy) is 1. The van der Waals surface area contributed by atoms with Crippen molar-refractivity contribution in [3.8, 4) is 11.5 Å². The first-order valence-electron chi connectivity index (χ1n) is 8.25. The van der Waals surface area contributed by atoms with Gasteiger partial charge < -0.3 is 9.84 Å². The monoisotopic (exact) mass is 309 g/mol. The molecule has 1 N–H and O–H groups in total. The molecule has 0 radical (unpaired) electrons. The third kappa shape index (κ3) is 7.29. The Balaban J connectivity index is 2.14. The Bertz CT molecular complexity index is 448. The summed E-state index contributed by atoms with van der Waals surface area (Å²) in [7, 11) is 0. The number of aromatic hydroxyl groups is 1. The maximum absolute atomic E-state index is 10.9. The topological polar surface area (TPSA) is 72.6 Å². The normalized spacial score (nSPS) is 10.6. The number of nitro groups is 1. The number of phenols is 1. The first-order valence-corrected chi connectivity index (χ1v) is 8.25. The average molecular weight is 309 g/mol. The maximum Gasteiger partial charge on any atom is 0.314 e. The highest BCUT2D eigenvalue weighted by Crippen LogP contribution is 2.30. The van der Waals surface area contributed by atoms with Crippen LogP contribution in [0.4, 0.5) is 5.69 Å². The van der Waals surface area contributed by atoms with Gasteiger partial charge in [0.05, 0.1) is 17.6 Å². The molecule has 0 saturated carbocycles. The van der Waals surface area contributed by atoms with Crippen molar-refractivity contribution >= 4 is 5.69 Å². The Hall–Kier alpha value is -1.78. The number of hydrogen-bond acceptors (Lipinski definition) is 4. The lowest BCUT2D eigenvalue weighted by atomic mass is 10.1. The molecule has 0 saturated heterocycles. The zero-order valence-corrected chi connectivity index (χ0v) is 13.4. The van der Waals surface area contributed by atoms with Crippen LogP contribution in [-0.4, -0.2) is 16.6 Å². The Morgan fingerprint density at radius 1 is 1.05 bits per heavy atom. The molecule has 5 heteroatoms. The fourth-order valence-electron chi connectivity index (χ4n) is 2.37. The molecule has 0 aliphatic rings. The van der Waals surface area contributed by atoms with Gasteiger partial charge in [-0.05, 0) is 18.6 Å². The third-order valence-corrected chi connectivity index (χ3v) is 3.64. The highest BCUT2D eigenvalue weighted by Gasteiger charge is 2.15. The fraction of sp³-hybridized carbons (Fsp3) is 0.647. The van der Waals surface area contributed by atoms with Crippen molar-refractivity contribution in [2.75, 3.05) is 6.61 Å². The summed E-state index contributed by atoms with van der Waals surface area (Å²) in [4.78, 5) is 10.3. The minimum atomic E-state index is -0.536. The summed E-state index contributed by atoms with van der Waals surface area (Å²) in [6, 6.07) is 3.96. The summed E-state index contributed by atoms with van der Waals surface area (Å²) >= 11 is 0. The molecule has 1 aromatic carbocycles. The van der Waals surface area contributed by atoms with Gasteiger partial charge in [0.25, 0.3) is 0 Å². The van der Waals surface area contributed by atoms with Crippen LogP contribution in [0.15, 0.2) is 18.2 Å². The lowest BCUT2D eigenvalue weighted by molar-refractivity contribution is -0.385. The maximum atomic E-state index is 10.9. The lowest BCUT2D eigenvalue weighted by Gasteiger charge is -2.07. The summed E-state index contributed by atoms with van der Waals surface area (Å²) < 4.78 is 5.46. The van der Waals surface area contributed by atoms with Crippen molar-refractivity contribution < 1.29 is 14.8 Å². The van der Waals surface area contributed by atoms with E-state index in [2.05, 4.69) is 6.92 Å². The van der Waals surface area contributed by atoms with Gasteiger partial charge in [-0.15, -0.1) is 0 Å². The fourth-order valence-corrected chi connectivity index (χ4v) is 2.37. The van der Waals surface area contributed by atoms with Crippen LogP contribution >= 0.6 is 0 Å². The second kappa shape index (κ2) is 10.9. The van der Waals surface area contributed by atoms with E-state index in [-0.39, 0.29) is 17.2 Å². The van der Waals surface area contributed by atoms with E-state index in [0.717, 1.165) is 18.9 Å². The van der Waals surface area contributed by atoms with Crippen LogP contribution in [0.5, 0.6) is 11.5 Å². The van der Waals surface area contributed by atoms with Gasteiger partial charge in [0.2, 0.25) is 0 Å². The molecule has 0 amide bonds. The standard InChI is InChI=1S/C17H27NO4/c1-2-3-4-5-6-7-8-9-10-13-22-17-12-11-15(19)14-16(17)18(20)21/h11-12,14,19H,2-10,13H2,1H3. The molecule has 0 heterocycles. The van der Waals surface area contributed by atoms with Crippen molar-refractivity contribution in [2.24, 2.45) is 0 Å². The second-order valence-electron chi connectivity index (χ2n) is 5.59. The Morgan fingerprint density at radius 2 is 1.64 bits per heavy atom. The van der Waals surface area contributed by atoms with E-state index >= 15 is 0 Å². The number of nitrogens with zero attached hydrogens (tertiary/aromatic N) is 1. The molecular formula is C17H27NO4. The largest absolute Gasteiger partial charge is 0.508 e. The molecule has 1 rings (SSSR count). The summed E-state index contributed by atoms with van der Waals surface area (Å²) in [5.74, 6) is 0.101. The Kier molecular flexibility index (Phi) is 9.03. The van der Waals surface area contributed by atoms with E-state index in [1.807, 2.05) is 0 Å². The number of rotatable bonds is 12. The van der Waals surface area contributed by atoms with E-state index < -0.39 is 4.92 Å². The van der Waals surface area contributed by atoms with Gasteiger partial charge in [0.15, 0.2) is 5.75 Å². The molecule has 0 spiro atoms. The SMILES string of the molecule is CCCCCCCCCCCOc1ccc(O)cc1[N+](=O)[O-]. The van der Waals surface area contributed by atoms with Gasteiger partial charge in [-0.2, -0.15) is 0 Å². The molecule has 0 aliphatic carbocycles. The third-order valence-electron chi connectivity index (χ3n) is 3.64. The van der Waals surface area contributed by atoms with Crippen LogP contribution in [-0.2, 0) is 0 Å². The van der Waals surface area contributed by atoms with Crippen LogP contribution in [0.1, 0.15) is 64.7 Å². The van der Waals surface area contributed by atoms with Gasteiger partial charge in [-0.3, -0.25) is 10.1 Å². The summed E-state index contributed by atoms with van der Waals surface area (Å²) in [6.45, 7) is 2.69. The van der Waals surface area contributed by atoms with E-state index in [0.29, 0.717) is 6.61 Å². The van der Waals surface area contributed by atoms with Gasteiger partial charge in [-0.1, -0.05) is 58.3 Å². The predicted octanol–water partition coefficient (Wildman–Crippen LogP) is 5.21. The van der Waals surface area contributed by atoms with E-state index in [4.69, 9.17) is 4.74 Å². The molecule has 0 atom stereocenters. The molecule has 5 nitrogen and oxygen atoms in total. The van der Waals surface area contributed by atoms with Gasteiger partial charge in [-0.25, -0.2) is 0 Å². The van der Waals surface area contributed by atoms with Crippen molar-refractivity contribution in [3.63, 3.8) is 0 Å². The van der Waals surface area contributed by atoms with Crippen LogP contribution in [0, 0.1) is 10.1 Å². The quantitative estimate of drug-likeness (QED) is 0.327. The number of phenolic OH excluding ortho intramolecular Hbond substituents is 1. The molecule has 0 bridgehead atoms. The highest BCUT2D eigenvalue weighted by atomic mass is 16.6. The molecular weight excluding hydrogens is 282 g/mol. The van der Waals surface area contributed by atoms with Crippen LogP contribution in [0.3, 0.4) is 0 Å². The minimum absolute atomic E-state index is 0.123. The molecule has 22 heavy (non-hydrogen) atoms. The van der Waals surface area contributed by atoms with E-state index in [1.54, 1.807) is 0 Å². The first-order chi connectivity index (χ1) is 10.6. The zero-order valence-electron chi connectivity index (χ0n) is 13.4. The summed E-state index contributed by atoms with van der Waals surface area (Å²) in [5, 5.41) is 20.1. The van der Waals surface area contributed by atoms with Crippen LogP contribution < -0.4 is 4.74 Å². The molecule has 0 aliphatic heterocycles. The molecule has 0 unspecified atom stereocenters. The molecule has 1 aromatic rings. The zero-order chi connectivity index (χ0) is 16.2. The van der Waals surface area contributed by atoms with Gasteiger partial charge >= 0.3 is 5.69 Å². The van der Waals surface area contributed by atoms with E-state index in [9.17, 15) is 15.2 Å². The van der Waals surface area contributed by atoms with Crippen molar-refractivity contribution in [3.05, 3.63) is 28.3 Å². The summed E-state index contributed by atoms with van der Waals surface area (Å²) in [6.07, 6.45) is 11.0. The second-order valence-corrected chi connectivity index (χ2v) is 5.59. The minimum Gasteiger partial charge on any atom is -0.508 e. The number of hydrogen-bond donors (Lipinski definition) is 1. The number of unbranched alkanes of at least 4 members (excludes halogenated alkanes) is 8. The summed E-state index contributed by atoms with van der Waals surface area (Å²) in [5.41, 5.74) is -0.184. The first kappa shape index (κ1) is 18.3. The number of nitro benzene ring substituents is 1. The van der Waals surface area contributed by atoms with Gasteiger partial charge in [0.1, 0.15) is 5.75 Å². The van der Waals surface area contributed by atoms with Crippen molar-refractivity contribution in [1.82, 2.24) is 0 Å². The average Bonchev–Trinajstić information content (AvgIpc) is 2.50. The smallest absolute Gasteiger partial charge is 0.314 e. The molecule has 0 fully saturated rings. The molecule has 124 valence electrons. The van der Waals surface area contributed by atoms with Crippen LogP contribution in [0.25, 0.3) is 0 Å². The molecule has 0 aromatic heterocycles. The van der Waals surface area contributed by atoms with Gasteiger partial charge in [0, 0.05) is 0 Å². The Labute approximate surface area is 132 Å². The van der Waals surface area contributed by atoms with Crippen molar-refractivity contribution in [2.45, 2.75) is 64.7 Å². The van der Waals surface area contributed by atoms with Crippen LogP contribution in [0.2, 0.25) is 0 Å². The highest BCUT2D eigenvalue weighted by molar-refractivity contribution is 5.50. The van der Waals surface area contributed by atoms with Crippen molar-refractivity contribution in [1.29, 1.82) is 0 Å². The number of benzene rings is 1. The predicted molar refractivity (Wildman–Crippen MR) is 87.5 cm³/mol. The van der Waals surface area contributed by atoms with E-state index in [1.165, 1.54) is 57.1 Å². The lowest BCUT2D eigenvalue weighted by Crippen LogP contribution is -2.00.